The number of halogens is 1. The van der Waals surface area contributed by atoms with Gasteiger partial charge in [-0.3, -0.25) is 14.8 Å². The summed E-state index contributed by atoms with van der Waals surface area (Å²) in [6.07, 6.45) is 0. The molecular formula is C26H30ClN7O2. The molecule has 1 saturated heterocycles. The summed E-state index contributed by atoms with van der Waals surface area (Å²) in [6.45, 7) is 7.00. The summed E-state index contributed by atoms with van der Waals surface area (Å²) in [5.41, 5.74) is 2.02. The topological polar surface area (TPSA) is 90.8 Å². The van der Waals surface area contributed by atoms with Crippen molar-refractivity contribution in [2.24, 2.45) is 0 Å². The Labute approximate surface area is 214 Å². The van der Waals surface area contributed by atoms with Crippen LogP contribution >= 0.6 is 11.6 Å². The number of hydrogen-bond acceptors (Lipinski definition) is 7. The molecule has 1 aliphatic heterocycles. The van der Waals surface area contributed by atoms with Crippen molar-refractivity contribution in [1.82, 2.24) is 34.7 Å². The van der Waals surface area contributed by atoms with E-state index in [1.165, 1.54) is 10.6 Å². The fraction of sp³-hybridized carbons (Fsp3) is 0.346. The number of aromatic nitrogens is 4. The summed E-state index contributed by atoms with van der Waals surface area (Å²) >= 11 is 6.50. The average molecular weight is 508 g/mol. The van der Waals surface area contributed by atoms with Crippen LogP contribution in [-0.4, -0.2) is 75.7 Å². The minimum atomic E-state index is -0.245. The molecule has 0 spiro atoms. The second kappa shape index (κ2) is 11.2. The average Bonchev–Trinajstić information content (AvgIpc) is 3.33. The van der Waals surface area contributed by atoms with Gasteiger partial charge in [0.1, 0.15) is 12.4 Å². The highest BCUT2D eigenvalue weighted by Gasteiger charge is 2.14. The number of benzene rings is 2. The van der Waals surface area contributed by atoms with E-state index < -0.39 is 0 Å². The van der Waals surface area contributed by atoms with Gasteiger partial charge in [-0.1, -0.05) is 48.0 Å². The van der Waals surface area contributed by atoms with Gasteiger partial charge in [0, 0.05) is 68.0 Å². The molecule has 0 aliphatic carbocycles. The third kappa shape index (κ3) is 5.76. The molecule has 0 unspecified atom stereocenters. The van der Waals surface area contributed by atoms with Gasteiger partial charge in [0.2, 0.25) is 0 Å². The van der Waals surface area contributed by atoms with Crippen molar-refractivity contribution in [3.05, 3.63) is 81.2 Å². The van der Waals surface area contributed by atoms with E-state index in [1.54, 1.807) is 0 Å². The molecule has 10 heteroatoms. The number of nitrogens with zero attached hydrogens (tertiary/aromatic N) is 5. The van der Waals surface area contributed by atoms with Crippen molar-refractivity contribution in [1.29, 1.82) is 0 Å². The van der Waals surface area contributed by atoms with Crippen LogP contribution in [0.5, 0.6) is 5.75 Å². The van der Waals surface area contributed by atoms with E-state index in [4.69, 9.17) is 16.3 Å². The predicted molar refractivity (Wildman–Crippen MR) is 140 cm³/mol. The summed E-state index contributed by atoms with van der Waals surface area (Å²) in [4.78, 5) is 26.5. The van der Waals surface area contributed by atoms with E-state index in [2.05, 4.69) is 37.2 Å². The van der Waals surface area contributed by atoms with Gasteiger partial charge in [0.15, 0.2) is 5.82 Å². The molecule has 2 N–H and O–H groups in total. The Morgan fingerprint density at radius 2 is 1.86 bits per heavy atom. The number of fused-ring (bicyclic) bond motifs is 1. The van der Waals surface area contributed by atoms with E-state index in [0.29, 0.717) is 34.6 Å². The number of hydrogen-bond donors (Lipinski definition) is 2. The molecule has 5 rings (SSSR count). The molecule has 4 aromatic rings. The van der Waals surface area contributed by atoms with E-state index in [9.17, 15) is 4.79 Å². The molecule has 0 saturated carbocycles. The van der Waals surface area contributed by atoms with Crippen LogP contribution in [0.15, 0.2) is 59.4 Å². The van der Waals surface area contributed by atoms with Crippen LogP contribution in [0.25, 0.3) is 17.2 Å². The minimum absolute atomic E-state index is 0.133. The second-order valence-corrected chi connectivity index (χ2v) is 9.39. The first-order chi connectivity index (χ1) is 17.6. The SMILES string of the molecule is CN1CCN(CCNCc2c(Cl)cccc2OCc2cc(=O)n3[nH]c(-c4ccccc4)nc3n2)CC1. The van der Waals surface area contributed by atoms with E-state index >= 15 is 0 Å². The molecule has 36 heavy (non-hydrogen) atoms. The Morgan fingerprint density at radius 3 is 2.67 bits per heavy atom. The van der Waals surface area contributed by atoms with Crippen LogP contribution in [-0.2, 0) is 13.2 Å². The highest BCUT2D eigenvalue weighted by molar-refractivity contribution is 6.31. The Kier molecular flexibility index (Phi) is 7.62. The van der Waals surface area contributed by atoms with Gasteiger partial charge in [0.05, 0.1) is 5.69 Å². The number of likely N-dealkylation sites (N-methyl/N-ethyl adjacent to an activating group) is 1. The van der Waals surface area contributed by atoms with Crippen LogP contribution in [0.4, 0.5) is 0 Å². The zero-order valence-electron chi connectivity index (χ0n) is 20.3. The number of piperazine rings is 1. The lowest BCUT2D eigenvalue weighted by Crippen LogP contribution is -2.46. The molecule has 1 fully saturated rings. The van der Waals surface area contributed by atoms with Crippen LogP contribution in [0, 0.1) is 0 Å². The lowest BCUT2D eigenvalue weighted by atomic mass is 10.2. The molecule has 2 aromatic heterocycles. The molecule has 0 amide bonds. The monoisotopic (exact) mass is 507 g/mol. The van der Waals surface area contributed by atoms with Crippen molar-refractivity contribution in [3.63, 3.8) is 0 Å². The third-order valence-electron chi connectivity index (χ3n) is 6.38. The van der Waals surface area contributed by atoms with Crippen molar-refractivity contribution >= 4 is 17.4 Å². The first-order valence-electron chi connectivity index (χ1n) is 12.1. The fourth-order valence-electron chi connectivity index (χ4n) is 4.25. The summed E-state index contributed by atoms with van der Waals surface area (Å²) in [7, 11) is 2.16. The summed E-state index contributed by atoms with van der Waals surface area (Å²) in [5, 5.41) is 7.14. The summed E-state index contributed by atoms with van der Waals surface area (Å²) in [6, 6.07) is 16.7. The first kappa shape index (κ1) is 24.5. The minimum Gasteiger partial charge on any atom is -0.487 e. The van der Waals surface area contributed by atoms with Gasteiger partial charge in [-0.15, -0.1) is 0 Å². The molecule has 188 valence electrons. The highest BCUT2D eigenvalue weighted by atomic mass is 35.5. The normalized spacial score (nSPS) is 14.9. The van der Waals surface area contributed by atoms with Gasteiger partial charge in [-0.25, -0.2) is 4.98 Å². The largest absolute Gasteiger partial charge is 0.487 e. The molecule has 1 aliphatic rings. The molecule has 2 aromatic carbocycles. The highest BCUT2D eigenvalue weighted by Crippen LogP contribution is 2.27. The zero-order valence-corrected chi connectivity index (χ0v) is 21.0. The fourth-order valence-corrected chi connectivity index (χ4v) is 4.48. The van der Waals surface area contributed by atoms with E-state index in [0.717, 1.165) is 50.4 Å². The Morgan fingerprint density at radius 1 is 1.06 bits per heavy atom. The third-order valence-corrected chi connectivity index (χ3v) is 6.74. The van der Waals surface area contributed by atoms with Crippen molar-refractivity contribution in [3.8, 4) is 17.1 Å². The first-order valence-corrected chi connectivity index (χ1v) is 12.5. The second-order valence-electron chi connectivity index (χ2n) is 8.99. The van der Waals surface area contributed by atoms with Crippen LogP contribution in [0.3, 0.4) is 0 Å². The van der Waals surface area contributed by atoms with E-state index in [1.807, 2.05) is 48.5 Å². The predicted octanol–water partition coefficient (Wildman–Crippen LogP) is 2.65. The van der Waals surface area contributed by atoms with Gasteiger partial charge in [-0.05, 0) is 19.2 Å². The van der Waals surface area contributed by atoms with Crippen molar-refractivity contribution in [2.75, 3.05) is 46.3 Å². The summed E-state index contributed by atoms with van der Waals surface area (Å²) < 4.78 is 7.40. The van der Waals surface area contributed by atoms with Gasteiger partial charge in [0.25, 0.3) is 11.3 Å². The quantitative estimate of drug-likeness (QED) is 0.336. The smallest absolute Gasteiger partial charge is 0.274 e. The number of aromatic amines is 1. The number of nitrogens with one attached hydrogen (secondary N) is 2. The maximum atomic E-state index is 12.7. The van der Waals surface area contributed by atoms with Crippen LogP contribution < -0.4 is 15.6 Å². The van der Waals surface area contributed by atoms with Crippen molar-refractivity contribution < 1.29 is 4.74 Å². The standard InChI is InChI=1S/C26H30ClN7O2/c1-32-12-14-33(15-13-32)11-10-28-17-21-22(27)8-5-9-23(21)36-18-20-16-24(35)34-26(29-20)30-25(31-34)19-6-3-2-4-7-19/h2-9,16,28H,10-15,17-18H2,1H3,(H,29,30,31). The Balaban J connectivity index is 1.23. The van der Waals surface area contributed by atoms with Crippen LogP contribution in [0.1, 0.15) is 11.3 Å². The zero-order chi connectivity index (χ0) is 24.9. The van der Waals surface area contributed by atoms with Gasteiger partial charge in [-0.2, -0.15) is 9.50 Å². The van der Waals surface area contributed by atoms with Crippen LogP contribution in [0.2, 0.25) is 5.02 Å². The van der Waals surface area contributed by atoms with Gasteiger partial charge >= 0.3 is 0 Å². The molecule has 0 atom stereocenters. The lowest BCUT2D eigenvalue weighted by Gasteiger charge is -2.32. The van der Waals surface area contributed by atoms with Crippen molar-refractivity contribution in [2.45, 2.75) is 13.2 Å². The Bertz CT molecular complexity index is 1360. The number of H-pyrrole nitrogens is 1. The Hall–Kier alpha value is -3.24. The molecule has 9 nitrogen and oxygen atoms in total. The maximum Gasteiger partial charge on any atom is 0.274 e. The molecule has 3 heterocycles. The van der Waals surface area contributed by atoms with E-state index in [-0.39, 0.29) is 12.2 Å². The number of ether oxygens (including phenoxy) is 1. The van der Waals surface area contributed by atoms with Gasteiger partial charge < -0.3 is 15.0 Å². The summed E-state index contributed by atoms with van der Waals surface area (Å²) in [5.74, 6) is 1.55. The molecule has 0 radical (unpaired) electrons. The molecular weight excluding hydrogens is 478 g/mol. The lowest BCUT2D eigenvalue weighted by molar-refractivity contribution is 0.154. The maximum absolute atomic E-state index is 12.7. The number of rotatable bonds is 9. The molecule has 0 bridgehead atoms.